The molecular weight excluding hydrogens is 420 g/mol. The van der Waals surface area contributed by atoms with Crippen molar-refractivity contribution in [3.05, 3.63) is 89.0 Å². The summed E-state index contributed by atoms with van der Waals surface area (Å²) in [6.45, 7) is 5.01. The zero-order valence-corrected chi connectivity index (χ0v) is 18.8. The van der Waals surface area contributed by atoms with Gasteiger partial charge in [0, 0.05) is 5.56 Å². The van der Waals surface area contributed by atoms with Crippen LogP contribution in [0.5, 0.6) is 11.5 Å². The Hall–Kier alpha value is -4.13. The maximum Gasteiger partial charge on any atom is 0.325 e. The maximum atomic E-state index is 12.3. The predicted molar refractivity (Wildman–Crippen MR) is 126 cm³/mol. The number of carbonyl (C=O) groups excluding carboxylic acids is 3. The van der Waals surface area contributed by atoms with Crippen LogP contribution in [0.4, 0.5) is 5.69 Å². The average molecular weight is 447 g/mol. The van der Waals surface area contributed by atoms with Crippen LogP contribution >= 0.6 is 0 Å². The van der Waals surface area contributed by atoms with Gasteiger partial charge >= 0.3 is 5.97 Å². The Bertz CT molecular complexity index is 1160. The van der Waals surface area contributed by atoms with Crippen LogP contribution in [0.25, 0.3) is 0 Å². The number of carbonyl (C=O) groups is 3. The summed E-state index contributed by atoms with van der Waals surface area (Å²) in [7, 11) is 0. The van der Waals surface area contributed by atoms with E-state index in [0.29, 0.717) is 22.7 Å². The smallest absolute Gasteiger partial charge is 0.325 e. The fourth-order valence-corrected chi connectivity index (χ4v) is 2.91. The summed E-state index contributed by atoms with van der Waals surface area (Å²) >= 11 is 0. The van der Waals surface area contributed by atoms with E-state index in [9.17, 15) is 14.4 Å². The third kappa shape index (κ3) is 6.93. The molecule has 33 heavy (non-hydrogen) atoms. The third-order valence-electron chi connectivity index (χ3n) is 4.94. The number of hydrogen-bond donors (Lipinski definition) is 2. The van der Waals surface area contributed by atoms with Gasteiger partial charge in [-0.2, -0.15) is 0 Å². The molecule has 7 heteroatoms. The lowest BCUT2D eigenvalue weighted by Gasteiger charge is -2.12. The molecule has 2 N–H and O–H groups in total. The Morgan fingerprint density at radius 2 is 1.58 bits per heavy atom. The molecule has 0 aliphatic carbocycles. The molecule has 0 saturated heterocycles. The van der Waals surface area contributed by atoms with Crippen molar-refractivity contribution < 1.29 is 23.9 Å². The minimum Gasteiger partial charge on any atom is -0.455 e. The molecule has 0 radical (unpaired) electrons. The Morgan fingerprint density at radius 3 is 2.30 bits per heavy atom. The van der Waals surface area contributed by atoms with Gasteiger partial charge in [0.15, 0.2) is 12.4 Å². The van der Waals surface area contributed by atoms with Gasteiger partial charge in [-0.05, 0) is 68.3 Å². The van der Waals surface area contributed by atoms with E-state index in [1.807, 2.05) is 51.1 Å². The summed E-state index contributed by atoms with van der Waals surface area (Å²) in [4.78, 5) is 36.4. The first-order valence-corrected chi connectivity index (χ1v) is 10.5. The van der Waals surface area contributed by atoms with Gasteiger partial charge in [0.1, 0.15) is 12.3 Å². The minimum absolute atomic E-state index is 0.341. The molecule has 0 unspecified atom stereocenters. The Labute approximate surface area is 192 Å². The number of rotatable bonds is 8. The number of aryl methyl sites for hydroxylation is 3. The van der Waals surface area contributed by atoms with Gasteiger partial charge in [-0.3, -0.25) is 14.4 Å². The van der Waals surface area contributed by atoms with Gasteiger partial charge in [-0.25, -0.2) is 0 Å². The highest BCUT2D eigenvalue weighted by Gasteiger charge is 2.13. The van der Waals surface area contributed by atoms with Crippen LogP contribution in [0.1, 0.15) is 27.0 Å². The largest absolute Gasteiger partial charge is 0.455 e. The lowest BCUT2D eigenvalue weighted by atomic mass is 10.1. The van der Waals surface area contributed by atoms with Gasteiger partial charge in [0.2, 0.25) is 0 Å². The topological polar surface area (TPSA) is 93.7 Å². The number of nitrogens with one attached hydrogen (secondary N) is 2. The number of para-hydroxylation sites is 2. The highest BCUT2D eigenvalue weighted by Crippen LogP contribution is 2.29. The Balaban J connectivity index is 1.48. The number of ether oxygens (including phenoxy) is 2. The van der Waals surface area contributed by atoms with E-state index in [1.165, 1.54) is 0 Å². The van der Waals surface area contributed by atoms with Crippen molar-refractivity contribution in [3.63, 3.8) is 0 Å². The fraction of sp³-hybridized carbons (Fsp3) is 0.192. The Kier molecular flexibility index (Phi) is 7.81. The number of anilines is 1. The molecular formula is C26H26N2O5. The molecule has 0 bridgehead atoms. The second kappa shape index (κ2) is 10.9. The SMILES string of the molecule is Cc1ccc(Oc2ccccc2NC(=O)COC(=O)CNC(=O)c2ccc(C)c(C)c2)cc1. The second-order valence-electron chi connectivity index (χ2n) is 7.60. The monoisotopic (exact) mass is 446 g/mol. The van der Waals surface area contributed by atoms with Crippen molar-refractivity contribution in [2.75, 3.05) is 18.5 Å². The molecule has 0 aliphatic rings. The summed E-state index contributed by atoms with van der Waals surface area (Å²) in [6.07, 6.45) is 0. The van der Waals surface area contributed by atoms with Crippen molar-refractivity contribution in [1.29, 1.82) is 0 Å². The number of amides is 2. The van der Waals surface area contributed by atoms with Gasteiger partial charge in [0.25, 0.3) is 11.8 Å². The predicted octanol–water partition coefficient (Wildman–Crippen LogP) is 4.32. The van der Waals surface area contributed by atoms with E-state index in [0.717, 1.165) is 16.7 Å². The second-order valence-corrected chi connectivity index (χ2v) is 7.60. The van der Waals surface area contributed by atoms with E-state index in [-0.39, 0.29) is 12.5 Å². The van der Waals surface area contributed by atoms with Gasteiger partial charge in [-0.1, -0.05) is 35.9 Å². The van der Waals surface area contributed by atoms with E-state index in [2.05, 4.69) is 10.6 Å². The molecule has 3 aromatic carbocycles. The average Bonchev–Trinajstić information content (AvgIpc) is 2.80. The van der Waals surface area contributed by atoms with Crippen molar-refractivity contribution in [2.24, 2.45) is 0 Å². The zero-order chi connectivity index (χ0) is 23.8. The molecule has 0 spiro atoms. The molecule has 0 saturated carbocycles. The minimum atomic E-state index is -0.716. The van der Waals surface area contributed by atoms with Crippen LogP contribution in [-0.4, -0.2) is 30.9 Å². The maximum absolute atomic E-state index is 12.3. The highest BCUT2D eigenvalue weighted by atomic mass is 16.5. The Morgan fingerprint density at radius 1 is 0.848 bits per heavy atom. The summed E-state index contributed by atoms with van der Waals surface area (Å²) in [6, 6.07) is 19.8. The molecule has 0 fully saturated rings. The van der Waals surface area contributed by atoms with E-state index >= 15 is 0 Å². The third-order valence-corrected chi connectivity index (χ3v) is 4.94. The van der Waals surface area contributed by atoms with Crippen molar-refractivity contribution >= 4 is 23.5 Å². The van der Waals surface area contributed by atoms with Crippen molar-refractivity contribution in [1.82, 2.24) is 5.32 Å². The zero-order valence-electron chi connectivity index (χ0n) is 18.8. The van der Waals surface area contributed by atoms with Crippen molar-refractivity contribution in [2.45, 2.75) is 20.8 Å². The van der Waals surface area contributed by atoms with Crippen molar-refractivity contribution in [3.8, 4) is 11.5 Å². The number of hydrogen-bond acceptors (Lipinski definition) is 5. The van der Waals surface area contributed by atoms with Crippen LogP contribution in [0, 0.1) is 20.8 Å². The lowest BCUT2D eigenvalue weighted by Crippen LogP contribution is -2.32. The highest BCUT2D eigenvalue weighted by molar-refractivity contribution is 5.97. The van der Waals surface area contributed by atoms with E-state index in [4.69, 9.17) is 9.47 Å². The standard InChI is InChI=1S/C26H26N2O5/c1-17-8-12-21(13-9-17)33-23-7-5-4-6-22(23)28-24(29)16-32-25(30)15-27-26(31)20-11-10-18(2)19(3)14-20/h4-14H,15-16H2,1-3H3,(H,27,31)(H,28,29). The number of esters is 1. The quantitative estimate of drug-likeness (QED) is 0.503. The molecule has 0 heterocycles. The molecule has 2 amide bonds. The van der Waals surface area contributed by atoms with E-state index < -0.39 is 18.5 Å². The normalized spacial score (nSPS) is 10.3. The van der Waals surface area contributed by atoms with Gasteiger partial charge in [0.05, 0.1) is 5.69 Å². The molecule has 0 aliphatic heterocycles. The van der Waals surface area contributed by atoms with Gasteiger partial charge < -0.3 is 20.1 Å². The van der Waals surface area contributed by atoms with E-state index in [1.54, 1.807) is 36.4 Å². The first kappa shape index (κ1) is 23.5. The van der Waals surface area contributed by atoms with Crippen LogP contribution in [0.2, 0.25) is 0 Å². The van der Waals surface area contributed by atoms with Crippen LogP contribution in [-0.2, 0) is 14.3 Å². The molecule has 0 atom stereocenters. The molecule has 0 aromatic heterocycles. The molecule has 3 aromatic rings. The first-order valence-electron chi connectivity index (χ1n) is 10.5. The fourth-order valence-electron chi connectivity index (χ4n) is 2.91. The summed E-state index contributed by atoms with van der Waals surface area (Å²) in [5, 5.41) is 5.17. The molecule has 3 rings (SSSR count). The molecule has 7 nitrogen and oxygen atoms in total. The summed E-state index contributed by atoms with van der Waals surface area (Å²) < 4.78 is 10.8. The summed E-state index contributed by atoms with van der Waals surface area (Å²) in [5.41, 5.74) is 4.06. The van der Waals surface area contributed by atoms with Crippen LogP contribution in [0.15, 0.2) is 66.7 Å². The van der Waals surface area contributed by atoms with Crippen LogP contribution in [0.3, 0.4) is 0 Å². The lowest BCUT2D eigenvalue weighted by molar-refractivity contribution is -0.146. The van der Waals surface area contributed by atoms with Crippen LogP contribution < -0.4 is 15.4 Å². The first-order chi connectivity index (χ1) is 15.8. The molecule has 170 valence electrons. The summed E-state index contributed by atoms with van der Waals surface area (Å²) in [5.74, 6) is -0.535. The van der Waals surface area contributed by atoms with Gasteiger partial charge in [-0.15, -0.1) is 0 Å². The number of benzene rings is 3.